The van der Waals surface area contributed by atoms with Gasteiger partial charge in [0.1, 0.15) is 0 Å². The number of benzene rings is 3. The maximum absolute atomic E-state index is 13.3. The molecule has 0 bridgehead atoms. The van der Waals surface area contributed by atoms with Crippen molar-refractivity contribution in [3.8, 4) is 0 Å². The Hall–Kier alpha value is -3.93. The number of rotatable bonds is 6. The Morgan fingerprint density at radius 1 is 0.706 bits per heavy atom. The minimum atomic E-state index is -0.0726. The largest absolute Gasteiger partial charge is 0.339 e. The van der Waals surface area contributed by atoms with E-state index in [-0.39, 0.29) is 17.7 Å². The average molecular weight is 456 g/mol. The monoisotopic (exact) mass is 455 g/mol. The van der Waals surface area contributed by atoms with Crippen molar-refractivity contribution >= 4 is 23.4 Å². The first-order valence-corrected chi connectivity index (χ1v) is 11.5. The summed E-state index contributed by atoms with van der Waals surface area (Å²) in [7, 11) is 0. The van der Waals surface area contributed by atoms with Crippen molar-refractivity contribution < 1.29 is 14.4 Å². The van der Waals surface area contributed by atoms with Crippen molar-refractivity contribution in [2.45, 2.75) is 19.9 Å². The van der Waals surface area contributed by atoms with Crippen LogP contribution >= 0.6 is 0 Å². The molecule has 34 heavy (non-hydrogen) atoms. The van der Waals surface area contributed by atoms with Crippen LogP contribution in [0.4, 0.5) is 5.69 Å². The van der Waals surface area contributed by atoms with E-state index in [2.05, 4.69) is 0 Å². The lowest BCUT2D eigenvalue weighted by atomic mass is 10.1. The predicted octanol–water partition coefficient (Wildman–Crippen LogP) is 3.77. The highest BCUT2D eigenvalue weighted by molar-refractivity contribution is 6.06. The highest BCUT2D eigenvalue weighted by Crippen LogP contribution is 2.22. The van der Waals surface area contributed by atoms with E-state index in [4.69, 9.17) is 0 Å². The number of nitrogens with zero attached hydrogens (tertiary/aromatic N) is 3. The van der Waals surface area contributed by atoms with Gasteiger partial charge in [0.15, 0.2) is 0 Å². The van der Waals surface area contributed by atoms with Crippen LogP contribution in [0.25, 0.3) is 0 Å². The molecule has 1 saturated heterocycles. The van der Waals surface area contributed by atoms with Crippen molar-refractivity contribution in [1.29, 1.82) is 0 Å². The zero-order valence-electron chi connectivity index (χ0n) is 19.4. The van der Waals surface area contributed by atoms with Crippen molar-refractivity contribution in [1.82, 2.24) is 9.80 Å². The Labute approximate surface area is 200 Å². The summed E-state index contributed by atoms with van der Waals surface area (Å²) in [5.74, 6) is 0.0295. The highest BCUT2D eigenvalue weighted by atomic mass is 16.2. The average Bonchev–Trinajstić information content (AvgIpc) is 2.88. The van der Waals surface area contributed by atoms with Crippen LogP contribution in [0.3, 0.4) is 0 Å². The SMILES string of the molecule is CC(=O)N1CCN(C(=O)Cc2ccc(N(Cc3ccccc3)C(=O)c3ccccc3)cc2)CC1. The van der Waals surface area contributed by atoms with Gasteiger partial charge < -0.3 is 14.7 Å². The molecule has 3 aromatic rings. The molecular formula is C28H29N3O3. The molecule has 6 nitrogen and oxygen atoms in total. The summed E-state index contributed by atoms with van der Waals surface area (Å²) in [6.45, 7) is 4.29. The molecule has 1 aliphatic heterocycles. The Kier molecular flexibility index (Phi) is 7.38. The predicted molar refractivity (Wildman–Crippen MR) is 132 cm³/mol. The third-order valence-electron chi connectivity index (χ3n) is 6.13. The van der Waals surface area contributed by atoms with Crippen LogP contribution in [0.1, 0.15) is 28.4 Å². The number of anilines is 1. The maximum atomic E-state index is 13.3. The number of hydrogen-bond donors (Lipinski definition) is 0. The Morgan fingerprint density at radius 2 is 1.26 bits per heavy atom. The lowest BCUT2D eigenvalue weighted by molar-refractivity contribution is -0.138. The Balaban J connectivity index is 1.47. The molecule has 4 rings (SSSR count). The molecule has 0 unspecified atom stereocenters. The van der Waals surface area contributed by atoms with E-state index in [9.17, 15) is 14.4 Å². The van der Waals surface area contributed by atoms with Crippen LogP contribution in [0, 0.1) is 0 Å². The standard InChI is InChI=1S/C28H29N3O3/c1-22(32)29-16-18-30(19-17-29)27(33)20-23-12-14-26(15-13-23)31(21-24-8-4-2-5-9-24)28(34)25-10-6-3-7-11-25/h2-15H,16-21H2,1H3. The number of hydrogen-bond acceptors (Lipinski definition) is 3. The minimum Gasteiger partial charge on any atom is -0.339 e. The molecule has 0 saturated carbocycles. The van der Waals surface area contributed by atoms with Gasteiger partial charge in [0, 0.05) is 44.4 Å². The van der Waals surface area contributed by atoms with Gasteiger partial charge in [0.05, 0.1) is 13.0 Å². The lowest BCUT2D eigenvalue weighted by Crippen LogP contribution is -2.50. The zero-order chi connectivity index (χ0) is 23.9. The van der Waals surface area contributed by atoms with Crippen LogP contribution in [-0.2, 0) is 22.6 Å². The van der Waals surface area contributed by atoms with Gasteiger partial charge in [-0.15, -0.1) is 0 Å². The topological polar surface area (TPSA) is 60.9 Å². The van der Waals surface area contributed by atoms with Crippen LogP contribution in [0.2, 0.25) is 0 Å². The van der Waals surface area contributed by atoms with Crippen LogP contribution in [0.5, 0.6) is 0 Å². The minimum absolute atomic E-state index is 0.0489. The number of carbonyl (C=O) groups excluding carboxylic acids is 3. The molecular weight excluding hydrogens is 426 g/mol. The van der Waals surface area contributed by atoms with Crippen molar-refractivity contribution in [3.05, 3.63) is 102 Å². The van der Waals surface area contributed by atoms with Crippen LogP contribution in [0.15, 0.2) is 84.9 Å². The second-order valence-corrected chi connectivity index (χ2v) is 8.47. The first-order chi connectivity index (χ1) is 16.5. The summed E-state index contributed by atoms with van der Waals surface area (Å²) in [4.78, 5) is 42.9. The van der Waals surface area contributed by atoms with Gasteiger partial charge >= 0.3 is 0 Å². The van der Waals surface area contributed by atoms with E-state index in [1.165, 1.54) is 0 Å². The van der Waals surface area contributed by atoms with E-state index in [0.717, 1.165) is 16.8 Å². The van der Waals surface area contributed by atoms with Crippen molar-refractivity contribution in [2.24, 2.45) is 0 Å². The number of piperazine rings is 1. The molecule has 1 aliphatic rings. The quantitative estimate of drug-likeness (QED) is 0.569. The molecule has 174 valence electrons. The van der Waals surface area contributed by atoms with Crippen molar-refractivity contribution in [2.75, 3.05) is 31.1 Å². The summed E-state index contributed by atoms with van der Waals surface area (Å²) >= 11 is 0. The molecule has 6 heteroatoms. The summed E-state index contributed by atoms with van der Waals surface area (Å²) in [5, 5.41) is 0. The molecule has 0 aliphatic carbocycles. The van der Waals surface area contributed by atoms with E-state index in [1.807, 2.05) is 89.8 Å². The first kappa shape index (κ1) is 23.2. The van der Waals surface area contributed by atoms with E-state index < -0.39 is 0 Å². The van der Waals surface area contributed by atoms with E-state index in [1.54, 1.807) is 16.7 Å². The summed E-state index contributed by atoms with van der Waals surface area (Å²) in [5.41, 5.74) is 3.34. The van der Waals surface area contributed by atoms with Crippen LogP contribution < -0.4 is 4.90 Å². The molecule has 0 aromatic heterocycles. The molecule has 0 spiro atoms. The van der Waals surface area contributed by atoms with Gasteiger partial charge in [0.25, 0.3) is 5.91 Å². The number of carbonyl (C=O) groups is 3. The molecule has 0 atom stereocenters. The van der Waals surface area contributed by atoms with Gasteiger partial charge in [-0.1, -0.05) is 60.7 Å². The fourth-order valence-electron chi connectivity index (χ4n) is 4.13. The summed E-state index contributed by atoms with van der Waals surface area (Å²) in [6.07, 6.45) is 0.297. The van der Waals surface area contributed by atoms with Gasteiger partial charge in [0.2, 0.25) is 11.8 Å². The molecule has 1 fully saturated rings. The lowest BCUT2D eigenvalue weighted by Gasteiger charge is -2.34. The molecule has 1 heterocycles. The Bertz CT molecular complexity index is 1120. The zero-order valence-corrected chi connectivity index (χ0v) is 19.4. The number of amides is 3. The fraction of sp³-hybridized carbons (Fsp3) is 0.250. The fourth-order valence-corrected chi connectivity index (χ4v) is 4.13. The normalized spacial score (nSPS) is 13.4. The van der Waals surface area contributed by atoms with Crippen LogP contribution in [-0.4, -0.2) is 53.7 Å². The van der Waals surface area contributed by atoms with E-state index in [0.29, 0.717) is 44.7 Å². The highest BCUT2D eigenvalue weighted by Gasteiger charge is 2.23. The van der Waals surface area contributed by atoms with E-state index >= 15 is 0 Å². The smallest absolute Gasteiger partial charge is 0.258 e. The third kappa shape index (κ3) is 5.70. The summed E-state index contributed by atoms with van der Waals surface area (Å²) < 4.78 is 0. The second-order valence-electron chi connectivity index (χ2n) is 8.47. The Morgan fingerprint density at radius 3 is 1.85 bits per heavy atom. The third-order valence-corrected chi connectivity index (χ3v) is 6.13. The molecule has 3 amide bonds. The summed E-state index contributed by atoms with van der Waals surface area (Å²) in [6, 6.07) is 26.8. The van der Waals surface area contributed by atoms with Gasteiger partial charge in [-0.2, -0.15) is 0 Å². The van der Waals surface area contributed by atoms with Gasteiger partial charge in [-0.25, -0.2) is 0 Å². The van der Waals surface area contributed by atoms with Gasteiger partial charge in [-0.05, 0) is 35.4 Å². The van der Waals surface area contributed by atoms with Crippen molar-refractivity contribution in [3.63, 3.8) is 0 Å². The molecule has 3 aromatic carbocycles. The first-order valence-electron chi connectivity index (χ1n) is 11.5. The molecule has 0 N–H and O–H groups in total. The van der Waals surface area contributed by atoms with Gasteiger partial charge in [-0.3, -0.25) is 14.4 Å². The second kappa shape index (κ2) is 10.8. The molecule has 0 radical (unpaired) electrons. The maximum Gasteiger partial charge on any atom is 0.258 e.